The van der Waals surface area contributed by atoms with Crippen LogP contribution >= 0.6 is 0 Å². The standard InChI is InChI=1S/C19H18N2O/c1-14-7-10-16(19(20)21-14)13-15-8-11-18(12-9-15)22-17-5-3-2-4-6-17/h2-12H,13H2,1H3,(H2,20,21). The first-order valence-corrected chi connectivity index (χ1v) is 7.24. The summed E-state index contributed by atoms with van der Waals surface area (Å²) in [5.74, 6) is 2.26. The summed E-state index contributed by atoms with van der Waals surface area (Å²) in [4.78, 5) is 4.30. The third-order valence-corrected chi connectivity index (χ3v) is 3.45. The van der Waals surface area contributed by atoms with E-state index in [-0.39, 0.29) is 0 Å². The molecule has 0 aliphatic heterocycles. The monoisotopic (exact) mass is 290 g/mol. The summed E-state index contributed by atoms with van der Waals surface area (Å²) in [6.07, 6.45) is 0.769. The number of para-hydroxylation sites is 1. The number of aromatic nitrogens is 1. The maximum atomic E-state index is 5.97. The van der Waals surface area contributed by atoms with Crippen LogP contribution in [0.2, 0.25) is 0 Å². The first kappa shape index (κ1) is 14.1. The van der Waals surface area contributed by atoms with Crippen molar-refractivity contribution in [1.82, 2.24) is 4.98 Å². The Balaban J connectivity index is 1.71. The van der Waals surface area contributed by atoms with Gasteiger partial charge in [-0.2, -0.15) is 0 Å². The van der Waals surface area contributed by atoms with Gasteiger partial charge in [0, 0.05) is 12.1 Å². The molecule has 3 rings (SSSR count). The van der Waals surface area contributed by atoms with E-state index in [1.807, 2.05) is 61.5 Å². The molecule has 2 aromatic carbocycles. The molecule has 0 saturated heterocycles. The molecule has 0 aliphatic carbocycles. The lowest BCUT2D eigenvalue weighted by molar-refractivity contribution is 0.482. The molecular formula is C19H18N2O. The fourth-order valence-corrected chi connectivity index (χ4v) is 2.28. The summed E-state index contributed by atoms with van der Waals surface area (Å²) < 4.78 is 5.79. The van der Waals surface area contributed by atoms with Crippen LogP contribution in [0.15, 0.2) is 66.7 Å². The molecule has 0 spiro atoms. The van der Waals surface area contributed by atoms with Crippen molar-refractivity contribution in [3.8, 4) is 11.5 Å². The third kappa shape index (κ3) is 3.44. The molecule has 0 aliphatic rings. The topological polar surface area (TPSA) is 48.1 Å². The van der Waals surface area contributed by atoms with Gasteiger partial charge in [-0.1, -0.05) is 36.4 Å². The van der Waals surface area contributed by atoms with Crippen molar-refractivity contribution in [2.24, 2.45) is 0 Å². The Morgan fingerprint density at radius 2 is 1.55 bits per heavy atom. The molecule has 1 aromatic heterocycles. The number of nitrogens with zero attached hydrogens (tertiary/aromatic N) is 1. The number of nitrogens with two attached hydrogens (primary N) is 1. The quantitative estimate of drug-likeness (QED) is 0.777. The minimum Gasteiger partial charge on any atom is -0.457 e. The minimum atomic E-state index is 0.601. The van der Waals surface area contributed by atoms with Crippen molar-refractivity contribution in [3.05, 3.63) is 83.6 Å². The number of nitrogen functional groups attached to an aromatic ring is 1. The second kappa shape index (κ2) is 6.31. The van der Waals surface area contributed by atoms with E-state index in [0.29, 0.717) is 5.82 Å². The van der Waals surface area contributed by atoms with E-state index in [2.05, 4.69) is 17.1 Å². The first-order valence-electron chi connectivity index (χ1n) is 7.24. The number of benzene rings is 2. The van der Waals surface area contributed by atoms with E-state index in [0.717, 1.165) is 29.2 Å². The molecule has 0 unspecified atom stereocenters. The lowest BCUT2D eigenvalue weighted by Gasteiger charge is -2.08. The summed E-state index contributed by atoms with van der Waals surface area (Å²) in [6, 6.07) is 21.8. The van der Waals surface area contributed by atoms with Crippen LogP contribution in [0.25, 0.3) is 0 Å². The Morgan fingerprint density at radius 3 is 2.23 bits per heavy atom. The van der Waals surface area contributed by atoms with Crippen molar-refractivity contribution in [2.45, 2.75) is 13.3 Å². The third-order valence-electron chi connectivity index (χ3n) is 3.45. The van der Waals surface area contributed by atoms with Crippen LogP contribution in [-0.4, -0.2) is 4.98 Å². The predicted octanol–water partition coefficient (Wildman–Crippen LogP) is 4.36. The number of aryl methyl sites for hydroxylation is 1. The summed E-state index contributed by atoms with van der Waals surface area (Å²) in [6.45, 7) is 1.94. The highest BCUT2D eigenvalue weighted by molar-refractivity contribution is 5.44. The van der Waals surface area contributed by atoms with Crippen molar-refractivity contribution in [1.29, 1.82) is 0 Å². The van der Waals surface area contributed by atoms with Gasteiger partial charge in [0.05, 0.1) is 0 Å². The number of pyridine rings is 1. The summed E-state index contributed by atoms with van der Waals surface area (Å²) in [7, 11) is 0. The van der Waals surface area contributed by atoms with E-state index in [1.165, 1.54) is 5.56 Å². The smallest absolute Gasteiger partial charge is 0.127 e. The van der Waals surface area contributed by atoms with E-state index in [9.17, 15) is 0 Å². The molecule has 3 aromatic rings. The van der Waals surface area contributed by atoms with Gasteiger partial charge in [0.1, 0.15) is 17.3 Å². The molecular weight excluding hydrogens is 272 g/mol. The van der Waals surface area contributed by atoms with E-state index in [1.54, 1.807) is 0 Å². The molecule has 1 heterocycles. The Hall–Kier alpha value is -2.81. The van der Waals surface area contributed by atoms with Gasteiger partial charge in [-0.3, -0.25) is 0 Å². The van der Waals surface area contributed by atoms with Crippen molar-refractivity contribution in [2.75, 3.05) is 5.73 Å². The fraction of sp³-hybridized carbons (Fsp3) is 0.105. The van der Waals surface area contributed by atoms with Gasteiger partial charge in [0.2, 0.25) is 0 Å². The van der Waals surface area contributed by atoms with Gasteiger partial charge in [0.15, 0.2) is 0 Å². The normalized spacial score (nSPS) is 10.4. The zero-order chi connectivity index (χ0) is 15.4. The number of ether oxygens (including phenoxy) is 1. The number of hydrogen-bond donors (Lipinski definition) is 1. The highest BCUT2D eigenvalue weighted by Gasteiger charge is 2.03. The second-order valence-electron chi connectivity index (χ2n) is 5.23. The zero-order valence-corrected chi connectivity index (χ0v) is 12.5. The Bertz CT molecular complexity index is 752. The number of rotatable bonds is 4. The minimum absolute atomic E-state index is 0.601. The highest BCUT2D eigenvalue weighted by atomic mass is 16.5. The second-order valence-corrected chi connectivity index (χ2v) is 5.23. The average Bonchev–Trinajstić information content (AvgIpc) is 2.53. The van der Waals surface area contributed by atoms with Crippen molar-refractivity contribution >= 4 is 5.82 Å². The lowest BCUT2D eigenvalue weighted by Crippen LogP contribution is -1.99. The number of hydrogen-bond acceptors (Lipinski definition) is 3. The predicted molar refractivity (Wildman–Crippen MR) is 89.2 cm³/mol. The molecule has 2 N–H and O–H groups in total. The van der Waals surface area contributed by atoms with Gasteiger partial charge >= 0.3 is 0 Å². The molecule has 22 heavy (non-hydrogen) atoms. The molecule has 3 heteroatoms. The van der Waals surface area contributed by atoms with Crippen LogP contribution in [-0.2, 0) is 6.42 Å². The average molecular weight is 290 g/mol. The van der Waals surface area contributed by atoms with Crippen LogP contribution in [0, 0.1) is 6.92 Å². The van der Waals surface area contributed by atoms with Crippen LogP contribution in [0.3, 0.4) is 0 Å². The largest absolute Gasteiger partial charge is 0.457 e. The summed E-state index contributed by atoms with van der Waals surface area (Å²) in [5, 5.41) is 0. The summed E-state index contributed by atoms with van der Waals surface area (Å²) in [5.41, 5.74) is 9.13. The SMILES string of the molecule is Cc1ccc(Cc2ccc(Oc3ccccc3)cc2)c(N)n1. The van der Waals surface area contributed by atoms with E-state index < -0.39 is 0 Å². The van der Waals surface area contributed by atoms with E-state index >= 15 is 0 Å². The van der Waals surface area contributed by atoms with Gasteiger partial charge in [-0.15, -0.1) is 0 Å². The van der Waals surface area contributed by atoms with Crippen LogP contribution < -0.4 is 10.5 Å². The van der Waals surface area contributed by atoms with Crippen molar-refractivity contribution in [3.63, 3.8) is 0 Å². The van der Waals surface area contributed by atoms with Crippen LogP contribution in [0.1, 0.15) is 16.8 Å². The van der Waals surface area contributed by atoms with Gasteiger partial charge < -0.3 is 10.5 Å². The molecule has 0 fully saturated rings. The maximum absolute atomic E-state index is 5.97. The molecule has 0 bridgehead atoms. The van der Waals surface area contributed by atoms with Gasteiger partial charge in [-0.25, -0.2) is 4.98 Å². The Labute approximate surface area is 130 Å². The summed E-state index contributed by atoms with van der Waals surface area (Å²) >= 11 is 0. The molecule has 110 valence electrons. The molecule has 0 amide bonds. The van der Waals surface area contributed by atoms with Crippen molar-refractivity contribution < 1.29 is 4.74 Å². The molecule has 0 radical (unpaired) electrons. The van der Waals surface area contributed by atoms with E-state index in [4.69, 9.17) is 10.5 Å². The lowest BCUT2D eigenvalue weighted by atomic mass is 10.1. The Morgan fingerprint density at radius 1 is 0.864 bits per heavy atom. The van der Waals surface area contributed by atoms with Crippen LogP contribution in [0.4, 0.5) is 5.82 Å². The molecule has 3 nitrogen and oxygen atoms in total. The first-order chi connectivity index (χ1) is 10.7. The van der Waals surface area contributed by atoms with Gasteiger partial charge in [-0.05, 0) is 48.4 Å². The maximum Gasteiger partial charge on any atom is 0.127 e. The van der Waals surface area contributed by atoms with Crippen LogP contribution in [0.5, 0.6) is 11.5 Å². The fourth-order valence-electron chi connectivity index (χ4n) is 2.28. The zero-order valence-electron chi connectivity index (χ0n) is 12.5. The van der Waals surface area contributed by atoms with Gasteiger partial charge in [0.25, 0.3) is 0 Å². The highest BCUT2D eigenvalue weighted by Crippen LogP contribution is 2.22. The molecule has 0 saturated carbocycles. The Kier molecular flexibility index (Phi) is 4.05. The number of anilines is 1. The molecule has 0 atom stereocenters.